The maximum atomic E-state index is 10.2. The number of aliphatic hydroxyl groups excluding tert-OH is 1. The molecule has 0 aliphatic carbocycles. The molecule has 1 atom stereocenters. The molecule has 0 radical (unpaired) electrons. The molecule has 0 aliphatic rings. The molecule has 3 rings (SSSR count). The minimum atomic E-state index is -0.565. The van der Waals surface area contributed by atoms with Gasteiger partial charge in [-0.1, -0.05) is 30.3 Å². The van der Waals surface area contributed by atoms with Crippen molar-refractivity contribution in [3.8, 4) is 11.5 Å². The van der Waals surface area contributed by atoms with Crippen LogP contribution >= 0.6 is 0 Å². The molecule has 0 aliphatic heterocycles. The van der Waals surface area contributed by atoms with Gasteiger partial charge in [-0.2, -0.15) is 0 Å². The zero-order valence-electron chi connectivity index (χ0n) is 11.5. The summed E-state index contributed by atoms with van der Waals surface area (Å²) in [5.74, 6) is 1.55. The summed E-state index contributed by atoms with van der Waals surface area (Å²) in [6, 6.07) is 17.1. The molecule has 1 N–H and O–H groups in total. The van der Waals surface area contributed by atoms with Crippen LogP contribution in [0.1, 0.15) is 11.7 Å². The largest absolute Gasteiger partial charge is 0.457 e. The Bertz CT molecular complexity index is 664. The highest BCUT2D eigenvalue weighted by Gasteiger charge is 2.08. The molecule has 21 heavy (non-hydrogen) atoms. The summed E-state index contributed by atoms with van der Waals surface area (Å²) < 4.78 is 7.57. The Balaban J connectivity index is 1.66. The fraction of sp³-hybridized carbons (Fsp3) is 0.118. The van der Waals surface area contributed by atoms with Gasteiger partial charge in [-0.15, -0.1) is 0 Å². The summed E-state index contributed by atoms with van der Waals surface area (Å²) >= 11 is 0. The number of aliphatic hydroxyl groups is 1. The van der Waals surface area contributed by atoms with E-state index >= 15 is 0 Å². The molecule has 0 saturated carbocycles. The van der Waals surface area contributed by atoms with Crippen LogP contribution in [0.5, 0.6) is 11.5 Å². The molecule has 106 valence electrons. The van der Waals surface area contributed by atoms with Gasteiger partial charge >= 0.3 is 0 Å². The first-order valence-corrected chi connectivity index (χ1v) is 6.78. The number of ether oxygens (including phenoxy) is 1. The summed E-state index contributed by atoms with van der Waals surface area (Å²) in [6.07, 6.45) is 4.65. The maximum Gasteiger partial charge on any atom is 0.127 e. The van der Waals surface area contributed by atoms with Crippen molar-refractivity contribution in [3.63, 3.8) is 0 Å². The van der Waals surface area contributed by atoms with Crippen molar-refractivity contribution in [2.45, 2.75) is 12.6 Å². The van der Waals surface area contributed by atoms with Gasteiger partial charge in [0.25, 0.3) is 0 Å². The SMILES string of the molecule is O[C@@H](Cn1ccnc1)c1ccc(Oc2ccccc2)cc1. The summed E-state index contributed by atoms with van der Waals surface area (Å²) in [5, 5.41) is 10.2. The molecule has 0 saturated heterocycles. The lowest BCUT2D eigenvalue weighted by molar-refractivity contribution is 0.156. The Morgan fingerprint density at radius 3 is 2.38 bits per heavy atom. The van der Waals surface area contributed by atoms with Gasteiger partial charge in [0.05, 0.1) is 19.0 Å². The summed E-state index contributed by atoms with van der Waals surface area (Å²) in [7, 11) is 0. The Morgan fingerprint density at radius 1 is 1.00 bits per heavy atom. The van der Waals surface area contributed by atoms with E-state index in [0.717, 1.165) is 17.1 Å². The van der Waals surface area contributed by atoms with Gasteiger partial charge in [-0.25, -0.2) is 4.98 Å². The van der Waals surface area contributed by atoms with Gasteiger partial charge in [0.15, 0.2) is 0 Å². The van der Waals surface area contributed by atoms with Crippen molar-refractivity contribution in [2.75, 3.05) is 0 Å². The first-order valence-electron chi connectivity index (χ1n) is 6.78. The van der Waals surface area contributed by atoms with Gasteiger partial charge in [0.1, 0.15) is 11.5 Å². The third-order valence-corrected chi connectivity index (χ3v) is 3.19. The monoisotopic (exact) mass is 280 g/mol. The van der Waals surface area contributed by atoms with Gasteiger partial charge in [-0.3, -0.25) is 0 Å². The molecule has 2 aromatic carbocycles. The van der Waals surface area contributed by atoms with Crippen molar-refractivity contribution in [3.05, 3.63) is 78.9 Å². The number of rotatable bonds is 5. The van der Waals surface area contributed by atoms with Gasteiger partial charge in [0, 0.05) is 12.4 Å². The third-order valence-electron chi connectivity index (χ3n) is 3.19. The van der Waals surface area contributed by atoms with E-state index in [1.807, 2.05) is 65.4 Å². The summed E-state index contributed by atoms with van der Waals surface area (Å²) in [6.45, 7) is 0.485. The zero-order valence-corrected chi connectivity index (χ0v) is 11.5. The number of hydrogen-bond donors (Lipinski definition) is 1. The van der Waals surface area contributed by atoms with E-state index in [0.29, 0.717) is 6.54 Å². The maximum absolute atomic E-state index is 10.2. The van der Waals surface area contributed by atoms with Crippen LogP contribution in [0.4, 0.5) is 0 Å². The van der Waals surface area contributed by atoms with Crippen molar-refractivity contribution < 1.29 is 9.84 Å². The van der Waals surface area contributed by atoms with Crippen molar-refractivity contribution in [1.29, 1.82) is 0 Å². The fourth-order valence-electron chi connectivity index (χ4n) is 2.08. The highest BCUT2D eigenvalue weighted by atomic mass is 16.5. The second kappa shape index (κ2) is 6.24. The molecule has 0 amide bonds. The molecule has 1 aromatic heterocycles. The normalized spacial score (nSPS) is 12.0. The zero-order chi connectivity index (χ0) is 14.5. The quantitative estimate of drug-likeness (QED) is 0.779. The minimum absolute atomic E-state index is 0.485. The highest BCUT2D eigenvalue weighted by Crippen LogP contribution is 2.23. The van der Waals surface area contributed by atoms with E-state index in [9.17, 15) is 5.11 Å². The van der Waals surface area contributed by atoms with Crippen molar-refractivity contribution >= 4 is 0 Å². The predicted octanol–water partition coefficient (Wildman–Crippen LogP) is 3.41. The summed E-state index contributed by atoms with van der Waals surface area (Å²) in [4.78, 5) is 3.96. The first-order chi connectivity index (χ1) is 10.3. The molecule has 4 heteroatoms. The lowest BCUT2D eigenvalue weighted by atomic mass is 10.1. The van der Waals surface area contributed by atoms with E-state index in [1.165, 1.54) is 0 Å². The Hall–Kier alpha value is -2.59. The van der Waals surface area contributed by atoms with Gasteiger partial charge in [0.2, 0.25) is 0 Å². The van der Waals surface area contributed by atoms with Gasteiger partial charge in [-0.05, 0) is 29.8 Å². The molecule has 4 nitrogen and oxygen atoms in total. The summed E-state index contributed by atoms with van der Waals surface area (Å²) in [5.41, 5.74) is 0.851. The number of imidazole rings is 1. The van der Waals surface area contributed by atoms with Crippen LogP contribution in [0.3, 0.4) is 0 Å². The molecule has 0 fully saturated rings. The molecule has 0 spiro atoms. The topological polar surface area (TPSA) is 47.3 Å². The number of nitrogens with zero attached hydrogens (tertiary/aromatic N) is 2. The van der Waals surface area contributed by atoms with Crippen LogP contribution in [0.25, 0.3) is 0 Å². The van der Waals surface area contributed by atoms with E-state index in [4.69, 9.17) is 4.74 Å². The average Bonchev–Trinajstić information content (AvgIpc) is 3.02. The van der Waals surface area contributed by atoms with Crippen LogP contribution in [-0.2, 0) is 6.54 Å². The second-order valence-electron chi connectivity index (χ2n) is 4.76. The molecule has 0 unspecified atom stereocenters. The van der Waals surface area contributed by atoms with Crippen LogP contribution in [0.15, 0.2) is 73.3 Å². The van der Waals surface area contributed by atoms with Crippen LogP contribution in [0.2, 0.25) is 0 Å². The van der Waals surface area contributed by atoms with E-state index in [2.05, 4.69) is 4.98 Å². The van der Waals surface area contributed by atoms with E-state index in [1.54, 1.807) is 12.5 Å². The third kappa shape index (κ3) is 3.49. The van der Waals surface area contributed by atoms with Crippen LogP contribution in [-0.4, -0.2) is 14.7 Å². The molecular formula is C17H16N2O2. The molecular weight excluding hydrogens is 264 g/mol. The second-order valence-corrected chi connectivity index (χ2v) is 4.76. The van der Waals surface area contributed by atoms with Crippen molar-refractivity contribution in [2.24, 2.45) is 0 Å². The Labute approximate surface area is 123 Å². The average molecular weight is 280 g/mol. The van der Waals surface area contributed by atoms with Crippen LogP contribution < -0.4 is 4.74 Å². The first kappa shape index (κ1) is 13.4. The number of para-hydroxylation sites is 1. The Kier molecular flexibility index (Phi) is 3.98. The lowest BCUT2D eigenvalue weighted by Crippen LogP contribution is -2.06. The molecule has 3 aromatic rings. The number of hydrogen-bond acceptors (Lipinski definition) is 3. The molecule has 1 heterocycles. The standard InChI is InChI=1S/C17H16N2O2/c20-17(12-19-11-10-18-13-19)14-6-8-16(9-7-14)21-15-4-2-1-3-5-15/h1-11,13,17,20H,12H2/t17-/m0/s1. The number of benzene rings is 2. The minimum Gasteiger partial charge on any atom is -0.457 e. The van der Waals surface area contributed by atoms with Gasteiger partial charge < -0.3 is 14.4 Å². The van der Waals surface area contributed by atoms with Crippen molar-refractivity contribution in [1.82, 2.24) is 9.55 Å². The lowest BCUT2D eigenvalue weighted by Gasteiger charge is -2.12. The Morgan fingerprint density at radius 2 is 1.71 bits per heavy atom. The predicted molar refractivity (Wildman–Crippen MR) is 80.1 cm³/mol. The number of aromatic nitrogens is 2. The highest BCUT2D eigenvalue weighted by molar-refractivity contribution is 5.33. The van der Waals surface area contributed by atoms with E-state index in [-0.39, 0.29) is 0 Å². The molecule has 0 bridgehead atoms. The smallest absolute Gasteiger partial charge is 0.127 e. The fourth-order valence-corrected chi connectivity index (χ4v) is 2.08. The van der Waals surface area contributed by atoms with E-state index < -0.39 is 6.10 Å². The van der Waals surface area contributed by atoms with Crippen LogP contribution in [0, 0.1) is 0 Å².